The van der Waals surface area contributed by atoms with E-state index in [0.717, 1.165) is 68.1 Å². The van der Waals surface area contributed by atoms with Gasteiger partial charge in [-0.2, -0.15) is 0 Å². The summed E-state index contributed by atoms with van der Waals surface area (Å²) in [4.78, 5) is 87.8. The average Bonchev–Trinajstić information content (AvgIpc) is 3.72. The van der Waals surface area contributed by atoms with E-state index in [1.54, 1.807) is 17.5 Å². The van der Waals surface area contributed by atoms with Gasteiger partial charge in [-0.05, 0) is 107 Å². The van der Waals surface area contributed by atoms with Crippen LogP contribution in [0.4, 0.5) is 0 Å². The number of carbonyl (C=O) groups is 5. The summed E-state index contributed by atoms with van der Waals surface area (Å²) in [6.07, 6.45) is 8.80. The van der Waals surface area contributed by atoms with Gasteiger partial charge in [0.1, 0.15) is 23.0 Å². The van der Waals surface area contributed by atoms with Crippen molar-refractivity contribution < 1.29 is 33.9 Å². The van der Waals surface area contributed by atoms with Crippen molar-refractivity contribution in [2.24, 2.45) is 23.7 Å². The van der Waals surface area contributed by atoms with E-state index in [2.05, 4.69) is 44.8 Å². The fraction of sp³-hybridized carbons (Fsp3) is 0.714. The quantitative estimate of drug-likeness (QED) is 0.0560. The van der Waals surface area contributed by atoms with Gasteiger partial charge in [-0.25, -0.2) is 4.98 Å². The topological polar surface area (TPSA) is 157 Å². The number of rotatable bonds is 28. The lowest BCUT2D eigenvalue weighted by Gasteiger charge is -2.39. The van der Waals surface area contributed by atoms with E-state index in [0.29, 0.717) is 44.3 Å². The summed E-state index contributed by atoms with van der Waals surface area (Å²) >= 11 is 1.41. The van der Waals surface area contributed by atoms with Gasteiger partial charge in [-0.3, -0.25) is 28.9 Å². The lowest BCUT2D eigenvalue weighted by molar-refractivity contribution is -0.144. The van der Waals surface area contributed by atoms with Gasteiger partial charge in [0.15, 0.2) is 14.1 Å². The smallest absolute Gasteiger partial charge is 0.270 e. The molecule has 1 saturated heterocycles. The Labute approximate surface area is 378 Å². The fourth-order valence-corrected chi connectivity index (χ4v) is 10.8. The van der Waals surface area contributed by atoms with Crippen molar-refractivity contribution in [1.29, 1.82) is 0 Å². The largest absolute Gasteiger partial charge is 0.508 e. The number of aromatic hydroxyl groups is 1. The second kappa shape index (κ2) is 25.9. The number of carbonyl (C=O) groups excluding carboxylic acids is 5. The van der Waals surface area contributed by atoms with E-state index < -0.39 is 14.2 Å². The number of amides is 2. The Hall–Kier alpha value is -3.26. The number of nitrogens with zero attached hydrogens (tertiary/aromatic N) is 3. The Balaban J connectivity index is 1.82. The van der Waals surface area contributed by atoms with Crippen molar-refractivity contribution in [3.05, 3.63) is 45.9 Å². The van der Waals surface area contributed by atoms with Crippen molar-refractivity contribution in [2.75, 3.05) is 20.1 Å². The van der Waals surface area contributed by atoms with Gasteiger partial charge in [0, 0.05) is 67.4 Å². The van der Waals surface area contributed by atoms with Crippen LogP contribution in [-0.2, 0) is 25.6 Å². The van der Waals surface area contributed by atoms with Crippen LogP contribution in [-0.4, -0.2) is 100 Å². The molecule has 1 aliphatic heterocycles. The highest BCUT2D eigenvalue weighted by Crippen LogP contribution is 2.33. The summed E-state index contributed by atoms with van der Waals surface area (Å²) in [5, 5.41) is 15.6. The zero-order valence-electron chi connectivity index (χ0n) is 39.7. The number of ketones is 3. The summed E-state index contributed by atoms with van der Waals surface area (Å²) in [5.74, 6) is -0.670. The maximum Gasteiger partial charge on any atom is 0.270 e. The molecule has 1 aliphatic rings. The zero-order valence-corrected chi connectivity index (χ0v) is 41.5. The predicted molar refractivity (Wildman–Crippen MR) is 253 cm³/mol. The molecule has 0 radical (unpaired) electrons. The second-order valence-corrected chi connectivity index (χ2v) is 24.4. The van der Waals surface area contributed by atoms with E-state index in [4.69, 9.17) is 4.98 Å². The minimum atomic E-state index is -2.16. The molecule has 2 aromatic rings. The number of phenolic OH excluding ortho intramolecular Hbond substituents is 1. The van der Waals surface area contributed by atoms with Crippen LogP contribution < -0.4 is 5.32 Å². The van der Waals surface area contributed by atoms with Crippen molar-refractivity contribution >= 4 is 48.8 Å². The maximum absolute atomic E-state index is 14.9. The molecule has 0 aliphatic carbocycles. The number of hydrogen-bond acceptors (Lipinski definition) is 10. The van der Waals surface area contributed by atoms with Gasteiger partial charge < -0.3 is 20.1 Å². The summed E-state index contributed by atoms with van der Waals surface area (Å²) < 4.78 is 0. The van der Waals surface area contributed by atoms with Crippen molar-refractivity contribution in [2.45, 2.75) is 182 Å². The molecule has 11 nitrogen and oxygen atoms in total. The molecule has 2 amide bonds. The molecule has 13 heteroatoms. The first-order valence-corrected chi connectivity index (χ1v) is 27.6. The first-order chi connectivity index (χ1) is 29.2. The van der Waals surface area contributed by atoms with E-state index in [1.807, 2.05) is 51.0 Å². The van der Waals surface area contributed by atoms with Crippen LogP contribution in [0.25, 0.3) is 0 Å². The van der Waals surface area contributed by atoms with Crippen LogP contribution in [0, 0.1) is 23.7 Å². The number of nitrogens with one attached hydrogen (secondary N) is 1. The van der Waals surface area contributed by atoms with Crippen molar-refractivity contribution in [3.63, 3.8) is 0 Å². The third kappa shape index (κ3) is 17.4. The van der Waals surface area contributed by atoms with Crippen LogP contribution in [0.2, 0.25) is 19.1 Å². The molecule has 62 heavy (non-hydrogen) atoms. The summed E-state index contributed by atoms with van der Waals surface area (Å²) in [6, 6.07) is 6.88. The third-order valence-corrected chi connectivity index (χ3v) is 15.7. The van der Waals surface area contributed by atoms with Gasteiger partial charge in [-0.15, -0.1) is 11.3 Å². The van der Waals surface area contributed by atoms with Crippen LogP contribution in [0.1, 0.15) is 159 Å². The molecule has 0 spiro atoms. The molecule has 7 atom stereocenters. The summed E-state index contributed by atoms with van der Waals surface area (Å²) in [7, 11) is -0.158. The highest BCUT2D eigenvalue weighted by atomic mass is 32.1. The van der Waals surface area contributed by atoms with Gasteiger partial charge in [0.05, 0.1) is 11.0 Å². The van der Waals surface area contributed by atoms with Crippen molar-refractivity contribution in [3.8, 4) is 5.75 Å². The van der Waals surface area contributed by atoms with Gasteiger partial charge in [-0.1, -0.05) is 79.9 Å². The van der Waals surface area contributed by atoms with E-state index in [-0.39, 0.29) is 89.6 Å². The predicted octanol–water partition coefficient (Wildman–Crippen LogP) is 9.36. The Morgan fingerprint density at radius 2 is 1.66 bits per heavy atom. The zero-order chi connectivity index (χ0) is 46.1. The number of hydrogen-bond donors (Lipinski definition) is 3. The molecule has 0 saturated carbocycles. The number of aromatic nitrogens is 1. The number of Topliss-reactive ketones (excluding diaryl/α,β-unsaturated/α-hetero) is 3. The lowest BCUT2D eigenvalue weighted by Crippen LogP contribution is -2.50. The molecule has 3 N–H and O–H groups in total. The number of benzene rings is 1. The Kier molecular flexibility index (Phi) is 22.2. The standard InChI is InChI=1S/C49H80N4O7SSi/c1-11-17-39(54)24-26-53(49(59)41(34(5)12-2)31-46(57)43-18-13-15-25-52(43)8)44(33(3)4)29-36(7)48-51-42(32-61-48)47(58)50-38(30-37-20-22-40(55)23-21-37)28-35(6)45(56)19-14-16-27-62(9,10)60/h20-23,32-36,38,41,43-44,55,60H,11-19,24-31H2,1-10H3,(H,50,58)/t34?,35-,36+,38+,41-,43+,44+/m1/s1. The molecular formula is C49H80N4O7SSi. The molecule has 1 aromatic carbocycles. The maximum atomic E-state index is 14.9. The third-order valence-electron chi connectivity index (χ3n) is 13.0. The number of unbranched alkanes of at least 4 members (excludes halogenated alkanes) is 1. The molecule has 0 bridgehead atoms. The Bertz CT molecular complexity index is 1730. The normalized spacial score (nSPS) is 17.8. The lowest BCUT2D eigenvalue weighted by atomic mass is 9.82. The highest BCUT2D eigenvalue weighted by molar-refractivity contribution is 7.09. The molecule has 1 fully saturated rings. The van der Waals surface area contributed by atoms with Crippen LogP contribution >= 0.6 is 11.3 Å². The molecule has 2 heterocycles. The summed E-state index contributed by atoms with van der Waals surface area (Å²) in [5.41, 5.74) is 1.22. The SMILES string of the molecule is CCCC(=O)CCN(C(=O)[C@H](CC(=O)[C@@H]1CCCCN1C)C(C)CC)[C@@H](C[C@H](C)c1nc(C(=O)N[C@H](Cc2ccc(O)cc2)C[C@@H](C)C(=O)CCCC[Si](C)(C)O)cs1)C(C)C. The van der Waals surface area contributed by atoms with Gasteiger partial charge in [0.25, 0.3) is 5.91 Å². The summed E-state index contributed by atoms with van der Waals surface area (Å²) in [6.45, 7) is 19.3. The number of phenols is 1. The monoisotopic (exact) mass is 897 g/mol. The molecule has 3 rings (SSSR count). The van der Waals surface area contributed by atoms with Crippen LogP contribution in [0.15, 0.2) is 29.6 Å². The van der Waals surface area contributed by atoms with E-state index in [1.165, 1.54) is 11.3 Å². The number of likely N-dealkylation sites (N-methyl/N-ethyl adjacent to an activating group) is 1. The number of likely N-dealkylation sites (tertiary alicyclic amines) is 1. The number of piperidine rings is 1. The fourth-order valence-electron chi connectivity index (χ4n) is 8.82. The molecule has 348 valence electrons. The van der Waals surface area contributed by atoms with Gasteiger partial charge >= 0.3 is 0 Å². The molecular weight excluding hydrogens is 817 g/mol. The highest BCUT2D eigenvalue weighted by Gasteiger charge is 2.38. The Morgan fingerprint density at radius 1 is 0.968 bits per heavy atom. The number of thiazole rings is 1. The second-order valence-electron chi connectivity index (χ2n) is 19.4. The molecule has 1 unspecified atom stereocenters. The molecule has 1 aromatic heterocycles. The first-order valence-electron chi connectivity index (χ1n) is 23.6. The first kappa shape index (κ1) is 53.1. The van der Waals surface area contributed by atoms with Crippen molar-refractivity contribution in [1.82, 2.24) is 20.1 Å². The minimum absolute atomic E-state index is 0.00991. The average molecular weight is 897 g/mol. The van der Waals surface area contributed by atoms with E-state index in [9.17, 15) is 33.9 Å². The van der Waals surface area contributed by atoms with Crippen LogP contribution in [0.3, 0.4) is 0 Å². The minimum Gasteiger partial charge on any atom is -0.508 e. The van der Waals surface area contributed by atoms with E-state index >= 15 is 0 Å². The Morgan fingerprint density at radius 3 is 2.27 bits per heavy atom. The van der Waals surface area contributed by atoms with Crippen LogP contribution in [0.5, 0.6) is 5.75 Å². The van der Waals surface area contributed by atoms with Gasteiger partial charge in [0.2, 0.25) is 5.91 Å².